The first-order valence-electron chi connectivity index (χ1n) is 7.61. The zero-order chi connectivity index (χ0) is 15.2. The molecule has 0 aliphatic heterocycles. The molecule has 1 aliphatic carbocycles. The molecular weight excluding hydrogens is 268 g/mol. The Balaban J connectivity index is 2.13. The van der Waals surface area contributed by atoms with Crippen molar-refractivity contribution in [3.8, 4) is 5.75 Å². The molecule has 0 saturated heterocycles. The molecule has 1 saturated carbocycles. The second-order valence-corrected chi connectivity index (χ2v) is 5.35. The number of hydrogen-bond donors (Lipinski definition) is 2. The van der Waals surface area contributed by atoms with Crippen molar-refractivity contribution in [1.82, 2.24) is 4.90 Å². The van der Waals surface area contributed by atoms with Crippen LogP contribution in [0.2, 0.25) is 0 Å². The Labute approximate surface area is 125 Å². The van der Waals surface area contributed by atoms with Gasteiger partial charge in [0.1, 0.15) is 5.75 Å². The van der Waals surface area contributed by atoms with Gasteiger partial charge in [0.05, 0.1) is 12.3 Å². The Kier molecular flexibility index (Phi) is 5.44. The fraction of sp³-hybridized carbons (Fsp3) is 0.562. The number of carbonyl (C=O) groups excluding carboxylic acids is 1. The van der Waals surface area contributed by atoms with Gasteiger partial charge >= 0.3 is 0 Å². The third-order valence-corrected chi connectivity index (χ3v) is 3.89. The van der Waals surface area contributed by atoms with Gasteiger partial charge in [0, 0.05) is 24.8 Å². The first-order valence-corrected chi connectivity index (χ1v) is 7.61. The molecule has 0 aromatic heterocycles. The number of carbonyl (C=O) groups is 1. The minimum atomic E-state index is -0.0112. The van der Waals surface area contributed by atoms with Gasteiger partial charge in [-0.15, -0.1) is 0 Å². The van der Waals surface area contributed by atoms with Crippen LogP contribution >= 0.6 is 0 Å². The third-order valence-electron chi connectivity index (χ3n) is 3.89. The van der Waals surface area contributed by atoms with Crippen LogP contribution in [-0.4, -0.2) is 41.7 Å². The zero-order valence-electron chi connectivity index (χ0n) is 12.5. The molecule has 21 heavy (non-hydrogen) atoms. The van der Waals surface area contributed by atoms with Crippen molar-refractivity contribution in [2.75, 3.05) is 25.5 Å². The molecule has 116 valence electrons. The largest absolute Gasteiger partial charge is 0.492 e. The Morgan fingerprint density at radius 2 is 2.24 bits per heavy atom. The Morgan fingerprint density at radius 1 is 1.48 bits per heavy atom. The van der Waals surface area contributed by atoms with Crippen LogP contribution in [0.3, 0.4) is 0 Å². The van der Waals surface area contributed by atoms with Gasteiger partial charge in [0.15, 0.2) is 0 Å². The number of benzene rings is 1. The number of aliphatic hydroxyl groups excluding tert-OH is 1. The van der Waals surface area contributed by atoms with E-state index in [0.717, 1.165) is 12.8 Å². The summed E-state index contributed by atoms with van der Waals surface area (Å²) in [5.41, 5.74) is 7.00. The lowest BCUT2D eigenvalue weighted by Gasteiger charge is -2.37. The SMILES string of the molecule is CCOc1ccc(C(=O)N(CCCO)C2CCC2)cc1N. The molecule has 0 heterocycles. The van der Waals surface area contributed by atoms with Gasteiger partial charge in [-0.3, -0.25) is 4.79 Å². The summed E-state index contributed by atoms with van der Waals surface area (Å²) in [4.78, 5) is 14.5. The number of ether oxygens (including phenoxy) is 1. The summed E-state index contributed by atoms with van der Waals surface area (Å²) in [6.45, 7) is 3.13. The van der Waals surface area contributed by atoms with E-state index in [1.54, 1.807) is 18.2 Å². The minimum Gasteiger partial charge on any atom is -0.492 e. The van der Waals surface area contributed by atoms with E-state index in [1.165, 1.54) is 6.42 Å². The molecule has 0 atom stereocenters. The molecule has 0 spiro atoms. The highest BCUT2D eigenvalue weighted by Gasteiger charge is 2.29. The number of nitrogens with two attached hydrogens (primary N) is 1. The number of hydrogen-bond acceptors (Lipinski definition) is 4. The second-order valence-electron chi connectivity index (χ2n) is 5.35. The van der Waals surface area contributed by atoms with Crippen LogP contribution in [0.15, 0.2) is 18.2 Å². The summed E-state index contributed by atoms with van der Waals surface area (Å²) in [6.07, 6.45) is 3.86. The van der Waals surface area contributed by atoms with Crippen LogP contribution in [0.4, 0.5) is 5.69 Å². The maximum Gasteiger partial charge on any atom is 0.254 e. The highest BCUT2D eigenvalue weighted by Crippen LogP contribution is 2.28. The molecule has 1 amide bonds. The lowest BCUT2D eigenvalue weighted by molar-refractivity contribution is 0.0562. The summed E-state index contributed by atoms with van der Waals surface area (Å²) < 4.78 is 5.39. The van der Waals surface area contributed by atoms with Crippen molar-refractivity contribution >= 4 is 11.6 Å². The number of anilines is 1. The second kappa shape index (κ2) is 7.31. The quantitative estimate of drug-likeness (QED) is 0.754. The Morgan fingerprint density at radius 3 is 2.76 bits per heavy atom. The molecule has 0 bridgehead atoms. The van der Waals surface area contributed by atoms with Gasteiger partial charge in [0.2, 0.25) is 0 Å². The number of amides is 1. The first-order chi connectivity index (χ1) is 10.2. The van der Waals surface area contributed by atoms with Gasteiger partial charge in [-0.1, -0.05) is 0 Å². The van der Waals surface area contributed by atoms with Gasteiger partial charge in [-0.2, -0.15) is 0 Å². The van der Waals surface area contributed by atoms with Crippen LogP contribution < -0.4 is 10.5 Å². The first kappa shape index (κ1) is 15.6. The van der Waals surface area contributed by atoms with Crippen LogP contribution in [0.1, 0.15) is 43.0 Å². The summed E-state index contributed by atoms with van der Waals surface area (Å²) in [5.74, 6) is 0.600. The monoisotopic (exact) mass is 292 g/mol. The molecule has 0 unspecified atom stereocenters. The highest BCUT2D eigenvalue weighted by atomic mass is 16.5. The molecule has 1 aromatic carbocycles. The lowest BCUT2D eigenvalue weighted by atomic mass is 9.90. The molecule has 0 radical (unpaired) electrons. The number of nitrogen functional groups attached to an aromatic ring is 1. The fourth-order valence-corrected chi connectivity index (χ4v) is 2.52. The van der Waals surface area contributed by atoms with E-state index in [2.05, 4.69) is 0 Å². The van der Waals surface area contributed by atoms with Crippen LogP contribution in [0, 0.1) is 0 Å². The molecule has 5 heteroatoms. The smallest absolute Gasteiger partial charge is 0.254 e. The van der Waals surface area contributed by atoms with Crippen molar-refractivity contribution < 1.29 is 14.6 Å². The van der Waals surface area contributed by atoms with Crippen LogP contribution in [-0.2, 0) is 0 Å². The predicted octanol–water partition coefficient (Wildman–Crippen LogP) is 2.04. The van der Waals surface area contributed by atoms with Gasteiger partial charge in [-0.05, 0) is 50.8 Å². The van der Waals surface area contributed by atoms with E-state index in [4.69, 9.17) is 15.6 Å². The predicted molar refractivity (Wildman–Crippen MR) is 82.4 cm³/mol. The standard InChI is InChI=1S/C16H24N2O3/c1-2-21-15-8-7-12(11-14(15)17)16(20)18(9-4-10-19)13-5-3-6-13/h7-8,11,13,19H,2-6,9-10,17H2,1H3. The lowest BCUT2D eigenvalue weighted by Crippen LogP contribution is -2.45. The maximum absolute atomic E-state index is 12.7. The van der Waals surface area contributed by atoms with E-state index in [1.807, 2.05) is 11.8 Å². The zero-order valence-corrected chi connectivity index (χ0v) is 12.5. The van der Waals surface area contributed by atoms with Gasteiger partial charge < -0.3 is 20.5 Å². The van der Waals surface area contributed by atoms with Crippen molar-refractivity contribution in [1.29, 1.82) is 0 Å². The fourth-order valence-electron chi connectivity index (χ4n) is 2.52. The average molecular weight is 292 g/mol. The van der Waals surface area contributed by atoms with Gasteiger partial charge in [-0.25, -0.2) is 0 Å². The summed E-state index contributed by atoms with van der Waals surface area (Å²) in [7, 11) is 0. The summed E-state index contributed by atoms with van der Waals surface area (Å²) in [6, 6.07) is 5.49. The molecule has 3 N–H and O–H groups in total. The van der Waals surface area contributed by atoms with E-state index in [9.17, 15) is 4.79 Å². The van der Waals surface area contributed by atoms with E-state index < -0.39 is 0 Å². The Bertz CT molecular complexity index is 486. The highest BCUT2D eigenvalue weighted by molar-refractivity contribution is 5.95. The Hall–Kier alpha value is -1.75. The van der Waals surface area contributed by atoms with Gasteiger partial charge in [0.25, 0.3) is 5.91 Å². The third kappa shape index (κ3) is 3.67. The van der Waals surface area contributed by atoms with Crippen LogP contribution in [0.25, 0.3) is 0 Å². The maximum atomic E-state index is 12.7. The average Bonchev–Trinajstić information content (AvgIpc) is 2.43. The van der Waals surface area contributed by atoms with Crippen molar-refractivity contribution in [2.24, 2.45) is 0 Å². The van der Waals surface area contributed by atoms with Crippen molar-refractivity contribution in [3.05, 3.63) is 23.8 Å². The molecular formula is C16H24N2O3. The molecule has 1 aromatic rings. The number of nitrogens with zero attached hydrogens (tertiary/aromatic N) is 1. The minimum absolute atomic E-state index is 0.0112. The van der Waals surface area contributed by atoms with Crippen molar-refractivity contribution in [2.45, 2.75) is 38.6 Å². The molecule has 5 nitrogen and oxygen atoms in total. The van der Waals surface area contributed by atoms with E-state index >= 15 is 0 Å². The topological polar surface area (TPSA) is 75.8 Å². The molecule has 1 aliphatic rings. The summed E-state index contributed by atoms with van der Waals surface area (Å²) >= 11 is 0. The van der Waals surface area contributed by atoms with E-state index in [0.29, 0.717) is 42.6 Å². The van der Waals surface area contributed by atoms with Crippen molar-refractivity contribution in [3.63, 3.8) is 0 Å². The van der Waals surface area contributed by atoms with Crippen LogP contribution in [0.5, 0.6) is 5.75 Å². The number of aliphatic hydroxyl groups is 1. The van der Waals surface area contributed by atoms with E-state index in [-0.39, 0.29) is 12.5 Å². The number of rotatable bonds is 7. The normalized spacial score (nSPS) is 14.6. The summed E-state index contributed by atoms with van der Waals surface area (Å²) in [5, 5.41) is 9.01. The molecule has 2 rings (SSSR count). The molecule has 1 fully saturated rings.